The van der Waals surface area contributed by atoms with Crippen molar-refractivity contribution in [1.29, 1.82) is 0 Å². The van der Waals surface area contributed by atoms with Crippen LogP contribution in [0.3, 0.4) is 0 Å². The predicted octanol–water partition coefficient (Wildman–Crippen LogP) is 12.9. The minimum absolute atomic E-state index is 0.226. The number of aromatic amines is 2. The van der Waals surface area contributed by atoms with E-state index in [0.29, 0.717) is 16.6 Å². The van der Waals surface area contributed by atoms with Crippen LogP contribution in [-0.2, 0) is 23.7 Å². The molecule has 290 valence electrons. The van der Waals surface area contributed by atoms with E-state index in [4.69, 9.17) is 14.7 Å². The fourth-order valence-corrected chi connectivity index (χ4v) is 14.6. The molecule has 0 saturated carbocycles. The fourth-order valence-electron chi connectivity index (χ4n) is 9.35. The molecule has 0 spiro atoms. The molecule has 2 aliphatic rings. The molecule has 6 heteroatoms. The van der Waals surface area contributed by atoms with Gasteiger partial charge >= 0.3 is 0 Å². The lowest BCUT2D eigenvalue weighted by Crippen LogP contribution is -2.43. The Balaban J connectivity index is 1.68. The van der Waals surface area contributed by atoms with Crippen LogP contribution in [0.15, 0.2) is 72.8 Å². The number of H-pyrrole nitrogens is 2. The summed E-state index contributed by atoms with van der Waals surface area (Å²) in [6.07, 6.45) is 1.53. The summed E-state index contributed by atoms with van der Waals surface area (Å²) in [4.78, 5) is 18.6. The number of benzene rings is 2. The molecule has 7 rings (SSSR count). The minimum Gasteiger partial charge on any atom is -0.493 e. The molecule has 0 saturated heterocycles. The Bertz CT molecular complexity index is 2500. The average molecular weight is 761 g/mol. The van der Waals surface area contributed by atoms with Crippen molar-refractivity contribution in [3.8, 4) is 39.5 Å². The number of nitrogens with one attached hydrogen (secondary N) is 2. The van der Waals surface area contributed by atoms with Gasteiger partial charge in [-0.25, -0.2) is 0 Å². The van der Waals surface area contributed by atoms with Crippen molar-refractivity contribution in [1.82, 2.24) is 19.9 Å². The molecule has 0 fully saturated rings. The second-order valence-corrected chi connectivity index (χ2v) is 24.2. The normalized spacial score (nSPS) is 15.0. The molecule has 2 N–H and O–H groups in total. The first-order chi connectivity index (χ1) is 26.4. The van der Waals surface area contributed by atoms with Gasteiger partial charge in [-0.15, -0.1) is 5.54 Å². The van der Waals surface area contributed by atoms with Gasteiger partial charge in [-0.2, -0.15) is 0 Å². The average Bonchev–Trinajstić information content (AvgIpc) is 3.87. The van der Waals surface area contributed by atoms with Crippen LogP contribution in [0.25, 0.3) is 44.3 Å². The van der Waals surface area contributed by atoms with Crippen molar-refractivity contribution < 1.29 is 4.74 Å². The van der Waals surface area contributed by atoms with Gasteiger partial charge in [-0.3, -0.25) is 9.97 Å². The van der Waals surface area contributed by atoms with Gasteiger partial charge in [0.2, 0.25) is 0 Å². The maximum Gasteiger partial charge on any atom is 0.163 e. The Hall–Kier alpha value is -4.86. The number of methoxy groups -OCH3 is 1. The molecular formula is C50H60N4OSi. The van der Waals surface area contributed by atoms with E-state index < -0.39 is 8.07 Å². The van der Waals surface area contributed by atoms with Crippen LogP contribution in [-0.4, -0.2) is 35.1 Å². The van der Waals surface area contributed by atoms with Gasteiger partial charge in [-0.05, 0) is 65.9 Å². The van der Waals surface area contributed by atoms with Gasteiger partial charge < -0.3 is 14.7 Å². The molecule has 2 aromatic carbocycles. The lowest BCUT2D eigenvalue weighted by molar-refractivity contribution is 0.409. The maximum absolute atomic E-state index is 6.24. The molecule has 0 radical (unpaired) electrons. The summed E-state index contributed by atoms with van der Waals surface area (Å²) in [6, 6.07) is 26.6. The first-order valence-electron chi connectivity index (χ1n) is 20.5. The molecule has 3 aromatic heterocycles. The molecule has 0 amide bonds. The summed E-state index contributed by atoms with van der Waals surface area (Å²) in [5.74, 6) is 4.70. The topological polar surface area (TPSA) is 66.6 Å². The van der Waals surface area contributed by atoms with Gasteiger partial charge in [0, 0.05) is 57.2 Å². The Morgan fingerprint density at radius 2 is 1.04 bits per heavy atom. The van der Waals surface area contributed by atoms with E-state index in [9.17, 15) is 0 Å². The lowest BCUT2D eigenvalue weighted by Gasteiger charge is -2.38. The molecule has 56 heavy (non-hydrogen) atoms. The van der Waals surface area contributed by atoms with E-state index >= 15 is 0 Å². The zero-order valence-corrected chi connectivity index (χ0v) is 36.9. The molecule has 0 aliphatic carbocycles. The zero-order valence-electron chi connectivity index (χ0n) is 35.9. The predicted molar refractivity (Wildman–Crippen MR) is 239 cm³/mol. The number of aromatic nitrogens is 4. The SMILES string of the molecule is COc1c2nc(cc3[nH]c(cc3-c3ccc(C)cc3)c(C#C[Si](C(C)C)(C(C)C)C(C)C)c3nc(cc4[nH]c1cc4-c1ccc(C)cc1)C(C)(C)C3)C(C)(C)C2. The van der Waals surface area contributed by atoms with Crippen LogP contribution in [0.2, 0.25) is 16.6 Å². The van der Waals surface area contributed by atoms with Crippen molar-refractivity contribution in [3.05, 3.63) is 112 Å². The van der Waals surface area contributed by atoms with E-state index in [-0.39, 0.29) is 10.8 Å². The van der Waals surface area contributed by atoms with Crippen LogP contribution >= 0.6 is 0 Å². The van der Waals surface area contributed by atoms with Crippen molar-refractivity contribution >= 4 is 30.1 Å². The van der Waals surface area contributed by atoms with Gasteiger partial charge in [-0.1, -0.05) is 135 Å². The highest BCUT2D eigenvalue weighted by Gasteiger charge is 2.42. The number of rotatable bonds is 6. The van der Waals surface area contributed by atoms with Crippen LogP contribution < -0.4 is 4.74 Å². The highest BCUT2D eigenvalue weighted by molar-refractivity contribution is 6.90. The van der Waals surface area contributed by atoms with Gasteiger partial charge in [0.15, 0.2) is 5.75 Å². The van der Waals surface area contributed by atoms with Crippen LogP contribution in [0.5, 0.6) is 5.75 Å². The maximum atomic E-state index is 6.24. The summed E-state index contributed by atoms with van der Waals surface area (Å²) in [5.41, 5.74) is 21.2. The van der Waals surface area contributed by atoms with E-state index in [1.165, 1.54) is 11.1 Å². The molecular weight excluding hydrogens is 701 g/mol. The molecule has 5 nitrogen and oxygen atoms in total. The molecule has 0 atom stereocenters. The summed E-state index contributed by atoms with van der Waals surface area (Å²) in [6.45, 7) is 27.8. The van der Waals surface area contributed by atoms with Crippen molar-refractivity contribution in [2.75, 3.05) is 7.11 Å². The quantitative estimate of drug-likeness (QED) is 0.134. The van der Waals surface area contributed by atoms with Gasteiger partial charge in [0.1, 0.15) is 8.07 Å². The Morgan fingerprint density at radius 1 is 0.607 bits per heavy atom. The third kappa shape index (κ3) is 7.04. The molecule has 0 unspecified atom stereocenters. The summed E-state index contributed by atoms with van der Waals surface area (Å²) in [7, 11) is -0.323. The first kappa shape index (κ1) is 39.4. The number of fused-ring (bicyclic) bond motifs is 8. The van der Waals surface area contributed by atoms with Crippen molar-refractivity contribution in [3.63, 3.8) is 0 Å². The van der Waals surface area contributed by atoms with Crippen LogP contribution in [0.4, 0.5) is 0 Å². The Labute approximate surface area is 335 Å². The van der Waals surface area contributed by atoms with E-state index in [2.05, 4.69) is 177 Å². The van der Waals surface area contributed by atoms with E-state index in [0.717, 1.165) is 91.3 Å². The number of nitrogens with zero attached hydrogens (tertiary/aromatic N) is 2. The van der Waals surface area contributed by atoms with Gasteiger partial charge in [0.25, 0.3) is 0 Å². The third-order valence-corrected chi connectivity index (χ3v) is 18.9. The number of hydrogen-bond donors (Lipinski definition) is 2. The second-order valence-electron chi connectivity index (χ2n) is 18.6. The molecule has 2 aliphatic heterocycles. The van der Waals surface area contributed by atoms with Gasteiger partial charge in [0.05, 0.1) is 35.1 Å². The number of ether oxygens (including phenoxy) is 1. The molecule has 5 aromatic rings. The summed E-state index contributed by atoms with van der Waals surface area (Å²) >= 11 is 0. The standard InChI is InChI=1S/C50H60N4OSi/c1-30(2)56(31(3)4,32(5)6)23-22-37-40-24-38(35-18-14-33(7)15-19-35)41(51-40)26-47-50(11,12)29-45(54-47)48(55-13)43-25-39(36-20-16-34(8)17-21-36)42(52-43)27-46-49(9,10)28-44(37)53-46/h14-21,24-27,30-32,51-52H,28-29H2,1-13H3. The van der Waals surface area contributed by atoms with Crippen LogP contribution in [0, 0.1) is 25.3 Å². The highest BCUT2D eigenvalue weighted by atomic mass is 28.3. The largest absolute Gasteiger partial charge is 0.493 e. The number of aryl methyl sites for hydroxylation is 2. The van der Waals surface area contributed by atoms with Crippen molar-refractivity contribution in [2.24, 2.45) is 0 Å². The van der Waals surface area contributed by atoms with Crippen molar-refractivity contribution in [2.45, 2.75) is 123 Å². The zero-order chi connectivity index (χ0) is 40.3. The monoisotopic (exact) mass is 760 g/mol. The Kier molecular flexibility index (Phi) is 10.2. The molecule has 8 bridgehead atoms. The third-order valence-electron chi connectivity index (χ3n) is 12.6. The van der Waals surface area contributed by atoms with Crippen LogP contribution in [0.1, 0.15) is 109 Å². The smallest absolute Gasteiger partial charge is 0.163 e. The van der Waals surface area contributed by atoms with E-state index in [1.54, 1.807) is 7.11 Å². The minimum atomic E-state index is -2.08. The summed E-state index contributed by atoms with van der Waals surface area (Å²) in [5, 5.41) is 0. The fraction of sp³-hybridized carbons (Fsp3) is 0.400. The molecule has 5 heterocycles. The summed E-state index contributed by atoms with van der Waals surface area (Å²) < 4.78 is 6.24. The highest BCUT2D eigenvalue weighted by Crippen LogP contribution is 2.43. The Morgan fingerprint density at radius 3 is 1.50 bits per heavy atom. The number of hydrogen-bond acceptors (Lipinski definition) is 3. The lowest BCUT2D eigenvalue weighted by atomic mass is 9.86. The van der Waals surface area contributed by atoms with E-state index in [1.807, 2.05) is 0 Å². The second kappa shape index (κ2) is 14.6. The first-order valence-corrected chi connectivity index (χ1v) is 22.7.